The van der Waals surface area contributed by atoms with Crippen LogP contribution in [0, 0.1) is 0 Å². The van der Waals surface area contributed by atoms with Crippen molar-refractivity contribution >= 4 is 5.97 Å². The van der Waals surface area contributed by atoms with Crippen LogP contribution in [0.5, 0.6) is 0 Å². The fraction of sp³-hybridized carbons (Fsp3) is 0.562. The van der Waals surface area contributed by atoms with Gasteiger partial charge in [0, 0.05) is 6.04 Å². The summed E-state index contributed by atoms with van der Waals surface area (Å²) in [5, 5.41) is 3.17. The van der Waals surface area contributed by atoms with Gasteiger partial charge in [-0.3, -0.25) is 4.79 Å². The summed E-state index contributed by atoms with van der Waals surface area (Å²) in [6, 6.07) is 8.44. The molecule has 19 heavy (non-hydrogen) atoms. The third-order valence-electron chi connectivity index (χ3n) is 3.20. The lowest BCUT2D eigenvalue weighted by atomic mass is 9.86. The van der Waals surface area contributed by atoms with Crippen LogP contribution in [-0.4, -0.2) is 19.6 Å². The van der Waals surface area contributed by atoms with E-state index in [4.69, 9.17) is 4.74 Å². The SMILES string of the molecule is CCOC(=O)CC(NC)c1ccc(C(C)(C)C)cc1. The third-order valence-corrected chi connectivity index (χ3v) is 3.20. The highest BCUT2D eigenvalue weighted by atomic mass is 16.5. The Kier molecular flexibility index (Phi) is 5.55. The molecule has 3 nitrogen and oxygen atoms in total. The Morgan fingerprint density at radius 2 is 1.84 bits per heavy atom. The summed E-state index contributed by atoms with van der Waals surface area (Å²) in [6.45, 7) is 8.82. The van der Waals surface area contributed by atoms with E-state index in [1.54, 1.807) is 0 Å². The average Bonchev–Trinajstić information content (AvgIpc) is 2.35. The number of hydrogen-bond acceptors (Lipinski definition) is 3. The van der Waals surface area contributed by atoms with Gasteiger partial charge in [-0.15, -0.1) is 0 Å². The van der Waals surface area contributed by atoms with E-state index < -0.39 is 0 Å². The minimum absolute atomic E-state index is 0.00747. The summed E-state index contributed by atoms with van der Waals surface area (Å²) in [7, 11) is 1.86. The molecule has 0 aliphatic heterocycles. The summed E-state index contributed by atoms with van der Waals surface area (Å²) in [6.07, 6.45) is 0.360. The number of ether oxygens (including phenoxy) is 1. The quantitative estimate of drug-likeness (QED) is 0.829. The van der Waals surface area contributed by atoms with Crippen LogP contribution in [0.4, 0.5) is 0 Å². The van der Waals surface area contributed by atoms with Crippen LogP contribution in [0.2, 0.25) is 0 Å². The number of carbonyl (C=O) groups is 1. The fourth-order valence-electron chi connectivity index (χ4n) is 1.99. The minimum atomic E-state index is -0.165. The predicted octanol–water partition coefficient (Wildman–Crippen LogP) is 3.20. The molecule has 0 spiro atoms. The van der Waals surface area contributed by atoms with Crippen molar-refractivity contribution < 1.29 is 9.53 Å². The van der Waals surface area contributed by atoms with Crippen molar-refractivity contribution in [1.29, 1.82) is 0 Å². The second-order valence-corrected chi connectivity index (χ2v) is 5.72. The largest absolute Gasteiger partial charge is 0.466 e. The summed E-state index contributed by atoms with van der Waals surface area (Å²) in [4.78, 5) is 11.5. The van der Waals surface area contributed by atoms with Gasteiger partial charge in [-0.1, -0.05) is 45.0 Å². The van der Waals surface area contributed by atoms with Gasteiger partial charge in [-0.05, 0) is 30.5 Å². The molecule has 0 fully saturated rings. The molecule has 1 N–H and O–H groups in total. The Balaban J connectivity index is 2.79. The number of hydrogen-bond donors (Lipinski definition) is 1. The Hall–Kier alpha value is -1.35. The van der Waals surface area contributed by atoms with Gasteiger partial charge in [-0.25, -0.2) is 0 Å². The zero-order chi connectivity index (χ0) is 14.5. The number of carbonyl (C=O) groups excluding carboxylic acids is 1. The predicted molar refractivity (Wildman–Crippen MR) is 78.2 cm³/mol. The van der Waals surface area contributed by atoms with Crippen LogP contribution in [0.25, 0.3) is 0 Å². The first-order valence-corrected chi connectivity index (χ1v) is 6.81. The maximum Gasteiger partial charge on any atom is 0.307 e. The fourth-order valence-corrected chi connectivity index (χ4v) is 1.99. The summed E-state index contributed by atoms with van der Waals surface area (Å²) in [5.74, 6) is -0.165. The van der Waals surface area contributed by atoms with E-state index in [0.29, 0.717) is 13.0 Å². The second kappa shape index (κ2) is 6.71. The van der Waals surface area contributed by atoms with Crippen LogP contribution in [0.3, 0.4) is 0 Å². The number of rotatable bonds is 5. The molecule has 0 aliphatic carbocycles. The summed E-state index contributed by atoms with van der Waals surface area (Å²) < 4.78 is 4.99. The number of benzene rings is 1. The van der Waals surface area contributed by atoms with Gasteiger partial charge in [0.25, 0.3) is 0 Å². The van der Waals surface area contributed by atoms with Crippen molar-refractivity contribution in [2.75, 3.05) is 13.7 Å². The molecule has 1 aromatic carbocycles. The van der Waals surface area contributed by atoms with Gasteiger partial charge >= 0.3 is 5.97 Å². The molecule has 0 radical (unpaired) electrons. The first kappa shape index (κ1) is 15.7. The first-order valence-electron chi connectivity index (χ1n) is 6.81. The van der Waals surface area contributed by atoms with Crippen LogP contribution in [0.1, 0.15) is 51.3 Å². The van der Waals surface area contributed by atoms with E-state index >= 15 is 0 Å². The molecular weight excluding hydrogens is 238 g/mol. The lowest BCUT2D eigenvalue weighted by molar-refractivity contribution is -0.143. The lowest BCUT2D eigenvalue weighted by Gasteiger charge is -2.21. The normalized spacial score (nSPS) is 13.1. The highest BCUT2D eigenvalue weighted by Gasteiger charge is 2.17. The van der Waals surface area contributed by atoms with E-state index in [1.807, 2.05) is 14.0 Å². The van der Waals surface area contributed by atoms with Crippen LogP contribution < -0.4 is 5.32 Å². The smallest absolute Gasteiger partial charge is 0.307 e. The third kappa shape index (κ3) is 4.67. The summed E-state index contributed by atoms with van der Waals surface area (Å²) >= 11 is 0. The maximum atomic E-state index is 11.5. The Bertz CT molecular complexity index is 404. The van der Waals surface area contributed by atoms with Gasteiger partial charge < -0.3 is 10.1 Å². The van der Waals surface area contributed by atoms with Gasteiger partial charge in [0.1, 0.15) is 0 Å². The Morgan fingerprint density at radius 3 is 2.26 bits per heavy atom. The molecule has 106 valence electrons. The molecule has 1 unspecified atom stereocenters. The van der Waals surface area contributed by atoms with Crippen molar-refractivity contribution in [3.05, 3.63) is 35.4 Å². The maximum absolute atomic E-state index is 11.5. The van der Waals surface area contributed by atoms with Gasteiger partial charge in [0.15, 0.2) is 0 Å². The van der Waals surface area contributed by atoms with E-state index in [-0.39, 0.29) is 17.4 Å². The van der Waals surface area contributed by atoms with E-state index in [1.165, 1.54) is 5.56 Å². The molecular formula is C16H25NO2. The average molecular weight is 263 g/mol. The lowest BCUT2D eigenvalue weighted by Crippen LogP contribution is -2.21. The Morgan fingerprint density at radius 1 is 1.26 bits per heavy atom. The molecule has 0 aromatic heterocycles. The van der Waals surface area contributed by atoms with Crippen LogP contribution in [0.15, 0.2) is 24.3 Å². The number of nitrogens with one attached hydrogen (secondary N) is 1. The molecule has 0 saturated carbocycles. The van der Waals surface area contributed by atoms with Gasteiger partial charge in [-0.2, -0.15) is 0 Å². The zero-order valence-corrected chi connectivity index (χ0v) is 12.6. The molecule has 0 amide bonds. The molecule has 1 rings (SSSR count). The highest BCUT2D eigenvalue weighted by molar-refractivity contribution is 5.70. The zero-order valence-electron chi connectivity index (χ0n) is 12.6. The van der Waals surface area contributed by atoms with Crippen molar-refractivity contribution in [2.24, 2.45) is 0 Å². The molecule has 3 heteroatoms. The summed E-state index contributed by atoms with van der Waals surface area (Å²) in [5.41, 5.74) is 2.56. The molecule has 0 aliphatic rings. The topological polar surface area (TPSA) is 38.3 Å². The van der Waals surface area contributed by atoms with Crippen molar-refractivity contribution in [2.45, 2.75) is 45.6 Å². The molecule has 0 heterocycles. The van der Waals surface area contributed by atoms with Crippen molar-refractivity contribution in [1.82, 2.24) is 5.32 Å². The monoisotopic (exact) mass is 263 g/mol. The van der Waals surface area contributed by atoms with E-state index in [0.717, 1.165) is 5.56 Å². The van der Waals surface area contributed by atoms with Crippen molar-refractivity contribution in [3.63, 3.8) is 0 Å². The molecule has 0 saturated heterocycles. The molecule has 1 aromatic rings. The second-order valence-electron chi connectivity index (χ2n) is 5.72. The van der Waals surface area contributed by atoms with E-state index in [2.05, 4.69) is 50.4 Å². The van der Waals surface area contributed by atoms with E-state index in [9.17, 15) is 4.79 Å². The standard InChI is InChI=1S/C16H25NO2/c1-6-19-15(18)11-14(17-5)12-7-9-13(10-8-12)16(2,3)4/h7-10,14,17H,6,11H2,1-5H3. The van der Waals surface area contributed by atoms with Gasteiger partial charge in [0.05, 0.1) is 13.0 Å². The molecule has 0 bridgehead atoms. The van der Waals surface area contributed by atoms with Gasteiger partial charge in [0.2, 0.25) is 0 Å². The molecule has 1 atom stereocenters. The van der Waals surface area contributed by atoms with Crippen LogP contribution >= 0.6 is 0 Å². The minimum Gasteiger partial charge on any atom is -0.466 e. The van der Waals surface area contributed by atoms with Crippen molar-refractivity contribution in [3.8, 4) is 0 Å². The number of esters is 1. The highest BCUT2D eigenvalue weighted by Crippen LogP contribution is 2.25. The first-order chi connectivity index (χ1) is 8.88. The van der Waals surface area contributed by atoms with Crippen LogP contribution in [-0.2, 0) is 14.9 Å². The Labute approximate surface area is 116 Å².